The predicted octanol–water partition coefficient (Wildman–Crippen LogP) is 1.90. The van der Waals surface area contributed by atoms with E-state index in [1.54, 1.807) is 12.1 Å². The van der Waals surface area contributed by atoms with E-state index in [0.29, 0.717) is 23.6 Å². The molecule has 1 saturated heterocycles. The topological polar surface area (TPSA) is 78.6 Å². The third-order valence-corrected chi connectivity index (χ3v) is 4.34. The zero-order valence-electron chi connectivity index (χ0n) is 11.8. The molecule has 2 N–H and O–H groups in total. The van der Waals surface area contributed by atoms with Crippen molar-refractivity contribution < 1.29 is 10.0 Å². The highest BCUT2D eigenvalue weighted by atomic mass is 79.9. The van der Waals surface area contributed by atoms with Gasteiger partial charge in [0.25, 0.3) is 5.69 Å². The second kappa shape index (κ2) is 7.84. The van der Waals surface area contributed by atoms with Gasteiger partial charge in [-0.2, -0.15) is 0 Å². The lowest BCUT2D eigenvalue weighted by Crippen LogP contribution is -2.38. The van der Waals surface area contributed by atoms with E-state index in [-0.39, 0.29) is 17.2 Å². The van der Waals surface area contributed by atoms with Crippen LogP contribution in [0.5, 0.6) is 0 Å². The van der Waals surface area contributed by atoms with E-state index >= 15 is 0 Å². The first-order chi connectivity index (χ1) is 10.1. The summed E-state index contributed by atoms with van der Waals surface area (Å²) in [7, 11) is 0. The van der Waals surface area contributed by atoms with Crippen LogP contribution < -0.4 is 5.32 Å². The van der Waals surface area contributed by atoms with E-state index in [4.69, 9.17) is 0 Å². The molecule has 1 aromatic rings. The number of aliphatic hydroxyl groups is 1. The van der Waals surface area contributed by atoms with Crippen LogP contribution in [-0.4, -0.2) is 47.2 Å². The van der Waals surface area contributed by atoms with Gasteiger partial charge in [0.2, 0.25) is 0 Å². The highest BCUT2D eigenvalue weighted by Crippen LogP contribution is 2.26. The summed E-state index contributed by atoms with van der Waals surface area (Å²) in [4.78, 5) is 12.7. The van der Waals surface area contributed by atoms with Crippen molar-refractivity contribution in [1.29, 1.82) is 0 Å². The molecular weight excluding hydrogens is 338 g/mol. The van der Waals surface area contributed by atoms with E-state index in [0.717, 1.165) is 25.1 Å². The van der Waals surface area contributed by atoms with Crippen LogP contribution in [0.25, 0.3) is 0 Å². The predicted molar refractivity (Wildman–Crippen MR) is 84.2 cm³/mol. The van der Waals surface area contributed by atoms with E-state index in [9.17, 15) is 15.2 Å². The van der Waals surface area contributed by atoms with Crippen LogP contribution in [0.2, 0.25) is 0 Å². The number of hydrogen-bond acceptors (Lipinski definition) is 5. The molecule has 1 fully saturated rings. The van der Waals surface area contributed by atoms with Crippen LogP contribution in [0.4, 0.5) is 5.69 Å². The Morgan fingerprint density at radius 1 is 1.52 bits per heavy atom. The maximum Gasteiger partial charge on any atom is 0.283 e. The van der Waals surface area contributed by atoms with Gasteiger partial charge in [0, 0.05) is 31.7 Å². The molecule has 6 nitrogen and oxygen atoms in total. The molecule has 0 aliphatic carbocycles. The van der Waals surface area contributed by atoms with Gasteiger partial charge in [-0.15, -0.1) is 0 Å². The lowest BCUT2D eigenvalue weighted by atomic mass is 10.1. The van der Waals surface area contributed by atoms with Crippen LogP contribution in [0, 0.1) is 10.1 Å². The van der Waals surface area contributed by atoms with Gasteiger partial charge in [-0.25, -0.2) is 0 Å². The van der Waals surface area contributed by atoms with Crippen molar-refractivity contribution in [3.8, 4) is 0 Å². The Morgan fingerprint density at radius 3 is 2.95 bits per heavy atom. The zero-order valence-corrected chi connectivity index (χ0v) is 13.4. The maximum absolute atomic E-state index is 11.0. The van der Waals surface area contributed by atoms with E-state index in [1.807, 2.05) is 6.07 Å². The molecule has 0 radical (unpaired) electrons. The summed E-state index contributed by atoms with van der Waals surface area (Å²) in [6.07, 6.45) is 2.32. The molecule has 0 saturated carbocycles. The average molecular weight is 358 g/mol. The number of benzene rings is 1. The molecule has 0 spiro atoms. The quantitative estimate of drug-likeness (QED) is 0.575. The number of rotatable bonds is 7. The molecule has 1 aliphatic rings. The van der Waals surface area contributed by atoms with Gasteiger partial charge >= 0.3 is 0 Å². The Bertz CT molecular complexity index is 492. The lowest BCUT2D eigenvalue weighted by Gasteiger charge is -2.25. The third kappa shape index (κ3) is 4.74. The summed E-state index contributed by atoms with van der Waals surface area (Å²) in [5.41, 5.74) is 0.965. The highest BCUT2D eigenvalue weighted by molar-refractivity contribution is 9.10. The average Bonchev–Trinajstić information content (AvgIpc) is 2.94. The Kier molecular flexibility index (Phi) is 6.10. The summed E-state index contributed by atoms with van der Waals surface area (Å²) < 4.78 is 0.488. The molecular formula is C14H20BrN3O3. The SMILES string of the molecule is O=[N+]([O-])c1cc(CN(CCO)CC2CCCN2)ccc1Br. The Labute approximate surface area is 132 Å². The van der Waals surface area contributed by atoms with Gasteiger partial charge in [-0.05, 0) is 46.9 Å². The molecule has 116 valence electrons. The Morgan fingerprint density at radius 2 is 2.33 bits per heavy atom. The van der Waals surface area contributed by atoms with Crippen molar-refractivity contribution in [1.82, 2.24) is 10.2 Å². The summed E-state index contributed by atoms with van der Waals surface area (Å²) >= 11 is 3.19. The third-order valence-electron chi connectivity index (χ3n) is 3.67. The highest BCUT2D eigenvalue weighted by Gasteiger charge is 2.19. The molecule has 1 aliphatic heterocycles. The number of nitrogens with zero attached hydrogens (tertiary/aromatic N) is 2. The Hall–Kier alpha value is -1.02. The number of nitrogens with one attached hydrogen (secondary N) is 1. The Balaban J connectivity index is 2.05. The van der Waals surface area contributed by atoms with Crippen LogP contribution in [-0.2, 0) is 6.54 Å². The lowest BCUT2D eigenvalue weighted by molar-refractivity contribution is -0.385. The molecule has 0 bridgehead atoms. The van der Waals surface area contributed by atoms with Crippen molar-refractivity contribution in [3.05, 3.63) is 38.3 Å². The van der Waals surface area contributed by atoms with Gasteiger partial charge in [0.1, 0.15) is 0 Å². The van der Waals surface area contributed by atoms with Crippen molar-refractivity contribution >= 4 is 21.6 Å². The molecule has 1 unspecified atom stereocenters. The fourth-order valence-corrected chi connectivity index (χ4v) is 3.05. The summed E-state index contributed by atoms with van der Waals surface area (Å²) in [5.74, 6) is 0. The van der Waals surface area contributed by atoms with Gasteiger partial charge in [0.15, 0.2) is 0 Å². The van der Waals surface area contributed by atoms with Crippen LogP contribution in [0.3, 0.4) is 0 Å². The van der Waals surface area contributed by atoms with E-state index in [1.165, 1.54) is 6.42 Å². The van der Waals surface area contributed by atoms with Crippen molar-refractivity contribution in [2.24, 2.45) is 0 Å². The number of aliphatic hydroxyl groups excluding tert-OH is 1. The molecule has 0 amide bonds. The fourth-order valence-electron chi connectivity index (χ4n) is 2.66. The summed E-state index contributed by atoms with van der Waals surface area (Å²) in [6, 6.07) is 5.63. The molecule has 21 heavy (non-hydrogen) atoms. The fraction of sp³-hybridized carbons (Fsp3) is 0.571. The van der Waals surface area contributed by atoms with Crippen molar-refractivity contribution in [3.63, 3.8) is 0 Å². The molecule has 7 heteroatoms. The first kappa shape index (κ1) is 16.4. The van der Waals surface area contributed by atoms with Crippen molar-refractivity contribution in [2.75, 3.05) is 26.2 Å². The summed E-state index contributed by atoms with van der Waals surface area (Å²) in [6.45, 7) is 3.16. The van der Waals surface area contributed by atoms with Gasteiger partial charge in [0.05, 0.1) is 16.0 Å². The first-order valence-corrected chi connectivity index (χ1v) is 7.89. The van der Waals surface area contributed by atoms with Crippen LogP contribution in [0.1, 0.15) is 18.4 Å². The van der Waals surface area contributed by atoms with E-state index < -0.39 is 0 Å². The van der Waals surface area contributed by atoms with Crippen molar-refractivity contribution in [2.45, 2.75) is 25.4 Å². The van der Waals surface area contributed by atoms with Crippen LogP contribution >= 0.6 is 15.9 Å². The van der Waals surface area contributed by atoms with Gasteiger partial charge in [-0.3, -0.25) is 15.0 Å². The minimum absolute atomic E-state index is 0.0791. The van der Waals surface area contributed by atoms with E-state index in [2.05, 4.69) is 26.1 Å². The number of halogens is 1. The van der Waals surface area contributed by atoms with Gasteiger partial charge in [-0.1, -0.05) is 6.07 Å². The zero-order chi connectivity index (χ0) is 15.2. The minimum atomic E-state index is -0.386. The maximum atomic E-state index is 11.0. The molecule has 1 atom stereocenters. The second-order valence-electron chi connectivity index (χ2n) is 5.29. The monoisotopic (exact) mass is 357 g/mol. The normalized spacial score (nSPS) is 18.3. The first-order valence-electron chi connectivity index (χ1n) is 7.09. The number of nitro benzene ring substituents is 1. The molecule has 1 heterocycles. The van der Waals surface area contributed by atoms with Gasteiger partial charge < -0.3 is 10.4 Å². The standard InChI is InChI=1S/C14H20BrN3O3/c15-13-4-3-11(8-14(13)18(20)21)9-17(6-7-19)10-12-2-1-5-16-12/h3-4,8,12,16,19H,1-2,5-7,9-10H2. The smallest absolute Gasteiger partial charge is 0.283 e. The number of nitro groups is 1. The molecule has 1 aromatic carbocycles. The molecule has 2 rings (SSSR count). The molecule has 0 aromatic heterocycles. The summed E-state index contributed by atoms with van der Waals surface area (Å²) in [5, 5.41) is 23.6. The second-order valence-corrected chi connectivity index (χ2v) is 6.15. The largest absolute Gasteiger partial charge is 0.395 e. The van der Waals surface area contributed by atoms with Crippen LogP contribution in [0.15, 0.2) is 22.7 Å². The minimum Gasteiger partial charge on any atom is -0.395 e. The number of hydrogen-bond donors (Lipinski definition) is 2.